The standard InChI is InChI=1S/C14H18O2/c1-8-4-3-5-11-12-6-10(14(8)11)7-13(12)16-9(2)15/h3-4,8,10,12-13H,5-7H2,1-2H3. The van der Waals surface area contributed by atoms with Crippen molar-refractivity contribution in [2.24, 2.45) is 17.8 Å². The van der Waals surface area contributed by atoms with Crippen molar-refractivity contribution >= 4 is 5.97 Å². The Morgan fingerprint density at radius 2 is 2.25 bits per heavy atom. The third-order valence-electron chi connectivity index (χ3n) is 4.33. The minimum Gasteiger partial charge on any atom is -0.462 e. The second kappa shape index (κ2) is 3.47. The van der Waals surface area contributed by atoms with Crippen molar-refractivity contribution in [3.63, 3.8) is 0 Å². The van der Waals surface area contributed by atoms with Crippen LogP contribution in [0.15, 0.2) is 23.3 Å². The molecule has 0 aromatic carbocycles. The summed E-state index contributed by atoms with van der Waals surface area (Å²) in [5, 5.41) is 0. The first-order valence-electron chi connectivity index (χ1n) is 6.23. The normalized spacial score (nSPS) is 40.1. The van der Waals surface area contributed by atoms with Crippen molar-refractivity contribution < 1.29 is 9.53 Å². The number of hydrogen-bond donors (Lipinski definition) is 0. The molecule has 0 saturated heterocycles. The molecule has 2 nitrogen and oxygen atoms in total. The Morgan fingerprint density at radius 1 is 1.44 bits per heavy atom. The van der Waals surface area contributed by atoms with Gasteiger partial charge in [0.1, 0.15) is 6.10 Å². The Balaban J connectivity index is 1.85. The number of carbonyl (C=O) groups is 1. The molecule has 0 aromatic rings. The van der Waals surface area contributed by atoms with Crippen LogP contribution < -0.4 is 0 Å². The van der Waals surface area contributed by atoms with E-state index in [1.54, 1.807) is 11.1 Å². The number of carbonyl (C=O) groups excluding carboxylic acids is 1. The topological polar surface area (TPSA) is 26.3 Å². The maximum absolute atomic E-state index is 11.0. The maximum atomic E-state index is 11.0. The summed E-state index contributed by atoms with van der Waals surface area (Å²) in [6, 6.07) is 0. The average molecular weight is 218 g/mol. The fourth-order valence-corrected chi connectivity index (χ4v) is 3.88. The number of ether oxygens (including phenoxy) is 1. The van der Waals surface area contributed by atoms with Crippen molar-refractivity contribution in [1.82, 2.24) is 0 Å². The molecule has 2 bridgehead atoms. The zero-order valence-electron chi connectivity index (χ0n) is 9.90. The summed E-state index contributed by atoms with van der Waals surface area (Å²) in [6.45, 7) is 3.80. The van der Waals surface area contributed by atoms with Gasteiger partial charge in [0.25, 0.3) is 0 Å². The summed E-state index contributed by atoms with van der Waals surface area (Å²) < 4.78 is 5.43. The van der Waals surface area contributed by atoms with Crippen molar-refractivity contribution in [3.05, 3.63) is 23.3 Å². The van der Waals surface area contributed by atoms with Gasteiger partial charge in [0.2, 0.25) is 0 Å². The Hall–Kier alpha value is -1.05. The van der Waals surface area contributed by atoms with E-state index in [0.717, 1.165) is 12.8 Å². The van der Waals surface area contributed by atoms with E-state index < -0.39 is 0 Å². The average Bonchev–Trinajstić information content (AvgIpc) is 2.75. The Kier molecular flexibility index (Phi) is 2.20. The summed E-state index contributed by atoms with van der Waals surface area (Å²) in [6.07, 6.45) is 8.11. The van der Waals surface area contributed by atoms with Gasteiger partial charge in [0, 0.05) is 12.8 Å². The van der Waals surface area contributed by atoms with Crippen LogP contribution in [0.4, 0.5) is 0 Å². The maximum Gasteiger partial charge on any atom is 0.302 e. The van der Waals surface area contributed by atoms with Gasteiger partial charge in [0.05, 0.1) is 0 Å². The second-order valence-electron chi connectivity index (χ2n) is 5.32. The summed E-state index contributed by atoms with van der Waals surface area (Å²) in [4.78, 5) is 11.0. The molecule has 0 radical (unpaired) electrons. The van der Waals surface area contributed by atoms with Gasteiger partial charge in [-0.05, 0) is 31.1 Å². The van der Waals surface area contributed by atoms with Crippen molar-refractivity contribution in [2.75, 3.05) is 0 Å². The molecule has 3 rings (SSSR count). The van der Waals surface area contributed by atoms with Crippen LogP contribution in [0.3, 0.4) is 0 Å². The molecule has 0 heterocycles. The summed E-state index contributed by atoms with van der Waals surface area (Å²) in [5.74, 6) is 1.69. The van der Waals surface area contributed by atoms with E-state index in [-0.39, 0.29) is 12.1 Å². The first-order valence-corrected chi connectivity index (χ1v) is 6.23. The van der Waals surface area contributed by atoms with Crippen molar-refractivity contribution in [3.8, 4) is 0 Å². The first kappa shape index (κ1) is 10.1. The molecule has 0 aliphatic heterocycles. The zero-order valence-corrected chi connectivity index (χ0v) is 9.90. The minimum atomic E-state index is -0.126. The SMILES string of the molecule is CC(=O)OC1CC2CC1C1=C2C(C)C=CC1. The van der Waals surface area contributed by atoms with Gasteiger partial charge in [-0.25, -0.2) is 0 Å². The van der Waals surface area contributed by atoms with E-state index in [9.17, 15) is 4.79 Å². The number of allylic oxidation sites excluding steroid dienone is 3. The first-order chi connectivity index (χ1) is 7.66. The fourth-order valence-electron chi connectivity index (χ4n) is 3.88. The summed E-state index contributed by atoms with van der Waals surface area (Å²) in [5.41, 5.74) is 3.24. The molecule has 0 amide bonds. The molecule has 1 fully saturated rings. The van der Waals surface area contributed by atoms with E-state index in [1.165, 1.54) is 13.3 Å². The lowest BCUT2D eigenvalue weighted by molar-refractivity contribution is -0.147. The highest BCUT2D eigenvalue weighted by molar-refractivity contribution is 5.66. The highest BCUT2D eigenvalue weighted by Gasteiger charge is 2.47. The van der Waals surface area contributed by atoms with Gasteiger partial charge in [-0.15, -0.1) is 0 Å². The predicted molar refractivity (Wildman–Crippen MR) is 61.7 cm³/mol. The molecule has 3 aliphatic rings. The van der Waals surface area contributed by atoms with E-state index in [0.29, 0.717) is 17.8 Å². The fraction of sp³-hybridized carbons (Fsp3) is 0.643. The zero-order chi connectivity index (χ0) is 11.3. The number of esters is 1. The molecular weight excluding hydrogens is 200 g/mol. The highest BCUT2D eigenvalue weighted by Crippen LogP contribution is 2.54. The lowest BCUT2D eigenvalue weighted by Crippen LogP contribution is -2.26. The molecule has 2 heteroatoms. The van der Waals surface area contributed by atoms with Crippen LogP contribution >= 0.6 is 0 Å². The van der Waals surface area contributed by atoms with Crippen LogP contribution in [0.5, 0.6) is 0 Å². The third-order valence-corrected chi connectivity index (χ3v) is 4.33. The molecule has 86 valence electrons. The summed E-state index contributed by atoms with van der Waals surface area (Å²) in [7, 11) is 0. The van der Waals surface area contributed by atoms with Crippen molar-refractivity contribution in [1.29, 1.82) is 0 Å². The number of fused-ring (bicyclic) bond motifs is 4. The monoisotopic (exact) mass is 218 g/mol. The Morgan fingerprint density at radius 3 is 3.00 bits per heavy atom. The lowest BCUT2D eigenvalue weighted by atomic mass is 9.79. The van der Waals surface area contributed by atoms with Crippen LogP contribution in [0.2, 0.25) is 0 Å². The highest BCUT2D eigenvalue weighted by atomic mass is 16.5. The van der Waals surface area contributed by atoms with Gasteiger partial charge < -0.3 is 4.74 Å². The molecule has 0 N–H and O–H groups in total. The van der Waals surface area contributed by atoms with Crippen LogP contribution in [0, 0.1) is 17.8 Å². The van der Waals surface area contributed by atoms with Gasteiger partial charge in [0.15, 0.2) is 0 Å². The Labute approximate surface area is 96.4 Å². The molecular formula is C14H18O2. The molecule has 4 atom stereocenters. The molecule has 3 aliphatic carbocycles. The lowest BCUT2D eigenvalue weighted by Gasteiger charge is -2.30. The Bertz CT molecular complexity index is 392. The molecule has 0 spiro atoms. The molecule has 4 unspecified atom stereocenters. The van der Waals surface area contributed by atoms with Gasteiger partial charge in [-0.3, -0.25) is 4.79 Å². The molecule has 0 aromatic heterocycles. The summed E-state index contributed by atoms with van der Waals surface area (Å²) >= 11 is 0. The molecule has 1 saturated carbocycles. The van der Waals surface area contributed by atoms with E-state index >= 15 is 0 Å². The van der Waals surface area contributed by atoms with E-state index in [2.05, 4.69) is 19.1 Å². The van der Waals surface area contributed by atoms with Crippen LogP contribution in [-0.2, 0) is 9.53 Å². The number of rotatable bonds is 1. The van der Waals surface area contributed by atoms with Crippen LogP contribution in [-0.4, -0.2) is 12.1 Å². The van der Waals surface area contributed by atoms with Gasteiger partial charge in [-0.1, -0.05) is 30.2 Å². The van der Waals surface area contributed by atoms with Crippen LogP contribution in [0.25, 0.3) is 0 Å². The van der Waals surface area contributed by atoms with Crippen LogP contribution in [0.1, 0.15) is 33.1 Å². The van der Waals surface area contributed by atoms with Gasteiger partial charge >= 0.3 is 5.97 Å². The van der Waals surface area contributed by atoms with Crippen molar-refractivity contribution in [2.45, 2.75) is 39.2 Å². The van der Waals surface area contributed by atoms with E-state index in [1.807, 2.05) is 0 Å². The molecule has 16 heavy (non-hydrogen) atoms. The number of hydrogen-bond acceptors (Lipinski definition) is 2. The minimum absolute atomic E-state index is 0.126. The third kappa shape index (κ3) is 1.35. The smallest absolute Gasteiger partial charge is 0.302 e. The predicted octanol–water partition coefficient (Wildman–Crippen LogP) is 2.85. The quantitative estimate of drug-likeness (QED) is 0.499. The largest absolute Gasteiger partial charge is 0.462 e. The second-order valence-corrected chi connectivity index (χ2v) is 5.32. The van der Waals surface area contributed by atoms with E-state index in [4.69, 9.17) is 4.74 Å². The van der Waals surface area contributed by atoms with Gasteiger partial charge in [-0.2, -0.15) is 0 Å².